The van der Waals surface area contributed by atoms with Gasteiger partial charge in [-0.1, -0.05) is 66.2 Å². The molecule has 176 valence electrons. The molecule has 1 atom stereocenters. The number of halogens is 2. The number of para-hydroxylation sites is 1. The number of nitrogens with two attached hydrogens (primary N) is 1. The predicted octanol–water partition coefficient (Wildman–Crippen LogP) is 4.79. The Kier molecular flexibility index (Phi) is 4.85. The van der Waals surface area contributed by atoms with Crippen LogP contribution in [0.1, 0.15) is 16.7 Å². The van der Waals surface area contributed by atoms with Gasteiger partial charge in [0, 0.05) is 27.4 Å². The van der Waals surface area contributed by atoms with Crippen molar-refractivity contribution in [1.29, 1.82) is 5.26 Å². The van der Waals surface area contributed by atoms with E-state index in [0.29, 0.717) is 22.5 Å². The van der Waals surface area contributed by atoms with Crippen molar-refractivity contribution >= 4 is 23.2 Å². The van der Waals surface area contributed by atoms with E-state index in [1.165, 1.54) is 17.0 Å². The SMILES string of the molecule is N#CC1=C(N)Oc2n[nH]c(-c3ccccc3)c2[C@@]12C(=O)N(Cc1c(F)cccc1Cl)c1ccccc12. The number of rotatable bonds is 3. The molecular weight excluding hydrogens is 481 g/mol. The van der Waals surface area contributed by atoms with Gasteiger partial charge in [0.2, 0.25) is 17.7 Å². The van der Waals surface area contributed by atoms with Crippen molar-refractivity contribution in [3.05, 3.63) is 112 Å². The lowest BCUT2D eigenvalue weighted by Crippen LogP contribution is -2.45. The summed E-state index contributed by atoms with van der Waals surface area (Å²) in [6.07, 6.45) is 0. The Hall–Kier alpha value is -4.61. The molecule has 0 aliphatic carbocycles. The average molecular weight is 498 g/mol. The standard InChI is InChI=1S/C27H17ClFN5O2/c28-19-10-6-11-20(29)16(19)14-34-21-12-5-4-9-17(21)27(26(34)35)18(13-30)24(31)36-25-22(27)23(32-33-25)15-7-2-1-3-8-15/h1-12H,14,31H2,(H,32,33)/t27-/m0/s1. The van der Waals surface area contributed by atoms with Gasteiger partial charge in [0.15, 0.2) is 0 Å². The monoisotopic (exact) mass is 497 g/mol. The van der Waals surface area contributed by atoms with Crippen LogP contribution in [0, 0.1) is 17.1 Å². The van der Waals surface area contributed by atoms with Crippen molar-refractivity contribution < 1.29 is 13.9 Å². The van der Waals surface area contributed by atoms with Gasteiger partial charge < -0.3 is 15.4 Å². The zero-order valence-corrected chi connectivity index (χ0v) is 19.4. The molecule has 4 aromatic rings. The molecule has 1 amide bonds. The Morgan fingerprint density at radius 1 is 1.11 bits per heavy atom. The third-order valence-corrected chi connectivity index (χ3v) is 7.01. The number of ether oxygens (including phenoxy) is 1. The molecule has 3 aromatic carbocycles. The molecule has 2 aliphatic heterocycles. The molecule has 36 heavy (non-hydrogen) atoms. The van der Waals surface area contributed by atoms with E-state index in [2.05, 4.69) is 16.3 Å². The van der Waals surface area contributed by atoms with Gasteiger partial charge in [-0.05, 0) is 18.2 Å². The van der Waals surface area contributed by atoms with Gasteiger partial charge in [-0.3, -0.25) is 9.89 Å². The fourth-order valence-corrected chi connectivity index (χ4v) is 5.32. The minimum atomic E-state index is -1.65. The van der Waals surface area contributed by atoms with Crippen LogP contribution in [-0.4, -0.2) is 16.1 Å². The van der Waals surface area contributed by atoms with E-state index < -0.39 is 17.1 Å². The zero-order valence-electron chi connectivity index (χ0n) is 18.6. The Balaban J connectivity index is 1.65. The van der Waals surface area contributed by atoms with Crippen LogP contribution in [-0.2, 0) is 16.8 Å². The summed E-state index contributed by atoms with van der Waals surface area (Å²) in [6.45, 7) is -0.142. The summed E-state index contributed by atoms with van der Waals surface area (Å²) in [5.41, 5.74) is 7.31. The summed E-state index contributed by atoms with van der Waals surface area (Å²) in [5, 5.41) is 17.7. The van der Waals surface area contributed by atoms with E-state index in [1.54, 1.807) is 30.3 Å². The number of aromatic nitrogens is 2. The smallest absolute Gasteiger partial charge is 0.248 e. The summed E-state index contributed by atoms with van der Waals surface area (Å²) in [4.78, 5) is 16.0. The highest BCUT2D eigenvalue weighted by molar-refractivity contribution is 6.31. The fraction of sp³-hybridized carbons (Fsp3) is 0.0741. The molecule has 2 aliphatic rings. The van der Waals surface area contributed by atoms with Crippen LogP contribution in [0.3, 0.4) is 0 Å². The van der Waals surface area contributed by atoms with Gasteiger partial charge in [-0.2, -0.15) is 5.26 Å². The number of amides is 1. The molecule has 7 nitrogen and oxygen atoms in total. The number of fused-ring (bicyclic) bond motifs is 4. The molecule has 6 rings (SSSR count). The predicted molar refractivity (Wildman–Crippen MR) is 131 cm³/mol. The molecule has 3 N–H and O–H groups in total. The largest absolute Gasteiger partial charge is 0.420 e. The number of carbonyl (C=O) groups is 1. The lowest BCUT2D eigenvalue weighted by molar-refractivity contribution is -0.121. The van der Waals surface area contributed by atoms with Crippen LogP contribution in [0.4, 0.5) is 10.1 Å². The Bertz CT molecular complexity index is 1600. The number of anilines is 1. The first-order valence-electron chi connectivity index (χ1n) is 11.0. The van der Waals surface area contributed by atoms with Crippen molar-refractivity contribution in [3.8, 4) is 23.2 Å². The van der Waals surface area contributed by atoms with Gasteiger partial charge in [0.05, 0.1) is 17.8 Å². The fourth-order valence-electron chi connectivity index (χ4n) is 5.10. The zero-order chi connectivity index (χ0) is 25.0. The number of carbonyl (C=O) groups excluding carboxylic acids is 1. The van der Waals surface area contributed by atoms with Crippen LogP contribution >= 0.6 is 11.6 Å². The molecule has 0 fully saturated rings. The third-order valence-electron chi connectivity index (χ3n) is 6.65. The second kappa shape index (κ2) is 7.97. The summed E-state index contributed by atoms with van der Waals surface area (Å²) in [7, 11) is 0. The van der Waals surface area contributed by atoms with E-state index >= 15 is 0 Å². The molecule has 1 spiro atoms. The Morgan fingerprint density at radius 3 is 2.61 bits per heavy atom. The van der Waals surface area contributed by atoms with Gasteiger partial charge >= 0.3 is 0 Å². The van der Waals surface area contributed by atoms with Gasteiger partial charge in [-0.25, -0.2) is 4.39 Å². The summed E-state index contributed by atoms with van der Waals surface area (Å²) in [5.74, 6) is -1.14. The Labute approximate surface area is 210 Å². The molecule has 0 saturated heterocycles. The number of H-pyrrole nitrogens is 1. The van der Waals surface area contributed by atoms with Crippen LogP contribution < -0.4 is 15.4 Å². The molecule has 0 saturated carbocycles. The number of hydrogen-bond acceptors (Lipinski definition) is 5. The quantitative estimate of drug-likeness (QED) is 0.423. The van der Waals surface area contributed by atoms with E-state index in [1.807, 2.05) is 30.3 Å². The van der Waals surface area contributed by atoms with Crippen LogP contribution in [0.25, 0.3) is 11.3 Å². The van der Waals surface area contributed by atoms with Crippen LogP contribution in [0.2, 0.25) is 5.02 Å². The van der Waals surface area contributed by atoms with Gasteiger partial charge in [-0.15, -0.1) is 5.10 Å². The first-order chi connectivity index (χ1) is 17.5. The van der Waals surface area contributed by atoms with E-state index in [0.717, 1.165) is 5.56 Å². The van der Waals surface area contributed by atoms with Crippen molar-refractivity contribution in [2.45, 2.75) is 12.0 Å². The summed E-state index contributed by atoms with van der Waals surface area (Å²) >= 11 is 6.31. The molecular formula is C27H17ClFN5O2. The number of nitriles is 1. The minimum absolute atomic E-state index is 0.0619. The normalized spacial score (nSPS) is 18.1. The van der Waals surface area contributed by atoms with E-state index in [-0.39, 0.29) is 34.5 Å². The number of benzene rings is 3. The highest BCUT2D eigenvalue weighted by atomic mass is 35.5. The van der Waals surface area contributed by atoms with Crippen LogP contribution in [0.5, 0.6) is 5.88 Å². The topological polar surface area (TPSA) is 108 Å². The number of hydrogen-bond donors (Lipinski definition) is 2. The van der Waals surface area contributed by atoms with Crippen molar-refractivity contribution in [3.63, 3.8) is 0 Å². The second-order valence-electron chi connectivity index (χ2n) is 8.46. The van der Waals surface area contributed by atoms with Crippen molar-refractivity contribution in [2.75, 3.05) is 4.90 Å². The molecule has 0 unspecified atom stereocenters. The number of nitrogens with one attached hydrogen (secondary N) is 1. The lowest BCUT2D eigenvalue weighted by Gasteiger charge is -2.33. The van der Waals surface area contributed by atoms with Crippen LogP contribution in [0.15, 0.2) is 84.3 Å². The number of nitrogens with zero attached hydrogens (tertiary/aromatic N) is 3. The average Bonchev–Trinajstić information content (AvgIpc) is 3.41. The maximum Gasteiger partial charge on any atom is 0.248 e. The van der Waals surface area contributed by atoms with Crippen molar-refractivity contribution in [2.24, 2.45) is 5.73 Å². The first-order valence-corrected chi connectivity index (χ1v) is 11.4. The molecule has 1 aromatic heterocycles. The summed E-state index contributed by atoms with van der Waals surface area (Å²) < 4.78 is 20.5. The molecule has 9 heteroatoms. The highest BCUT2D eigenvalue weighted by Crippen LogP contribution is 2.57. The maximum atomic E-state index is 14.8. The van der Waals surface area contributed by atoms with E-state index in [9.17, 15) is 14.4 Å². The minimum Gasteiger partial charge on any atom is -0.420 e. The maximum absolute atomic E-state index is 14.8. The third kappa shape index (κ3) is 2.84. The lowest BCUT2D eigenvalue weighted by atomic mass is 9.68. The molecule has 0 bridgehead atoms. The summed E-state index contributed by atoms with van der Waals surface area (Å²) in [6, 6.07) is 22.8. The highest BCUT2D eigenvalue weighted by Gasteiger charge is 2.61. The first kappa shape index (κ1) is 21.9. The molecule has 0 radical (unpaired) electrons. The molecule has 3 heterocycles. The van der Waals surface area contributed by atoms with E-state index in [4.69, 9.17) is 22.1 Å². The number of aromatic amines is 1. The second-order valence-corrected chi connectivity index (χ2v) is 8.86. The van der Waals surface area contributed by atoms with Crippen molar-refractivity contribution in [1.82, 2.24) is 10.2 Å². The Morgan fingerprint density at radius 2 is 1.86 bits per heavy atom. The van der Waals surface area contributed by atoms with Gasteiger partial charge in [0.25, 0.3) is 0 Å². The van der Waals surface area contributed by atoms with Gasteiger partial charge in [0.1, 0.15) is 22.9 Å².